The van der Waals surface area contributed by atoms with E-state index in [1.807, 2.05) is 6.08 Å². The van der Waals surface area contributed by atoms with Crippen LogP contribution in [0, 0.1) is 5.92 Å². The average Bonchev–Trinajstić information content (AvgIpc) is 2.46. The fourth-order valence-electron chi connectivity index (χ4n) is 2.68. The molecule has 1 aromatic rings. The van der Waals surface area contributed by atoms with E-state index in [0.29, 0.717) is 18.0 Å². The topological polar surface area (TPSA) is 12.0 Å². The molecule has 2 unspecified atom stereocenters. The maximum absolute atomic E-state index is 3.82. The standard InChI is InChI=1S/C18H29N/c1-5-8-12-15(4)19-18(16(6-2)7-3)17-13-10-9-11-14-17/h5,9-11,13-16,18-19H,1,6-8,12H2,2-4H3. The summed E-state index contributed by atoms with van der Waals surface area (Å²) in [5.74, 6) is 0.702. The molecule has 0 bridgehead atoms. The fourth-order valence-corrected chi connectivity index (χ4v) is 2.68. The minimum atomic E-state index is 0.469. The molecule has 19 heavy (non-hydrogen) atoms. The van der Waals surface area contributed by atoms with Crippen LogP contribution in [0.25, 0.3) is 0 Å². The molecule has 1 heteroatoms. The summed E-state index contributed by atoms with van der Waals surface area (Å²) < 4.78 is 0. The predicted molar refractivity (Wildman–Crippen MR) is 85.3 cm³/mol. The van der Waals surface area contributed by atoms with E-state index in [-0.39, 0.29) is 0 Å². The highest BCUT2D eigenvalue weighted by atomic mass is 14.9. The molecule has 0 aliphatic rings. The second-order valence-corrected chi connectivity index (χ2v) is 5.40. The Balaban J connectivity index is 2.78. The van der Waals surface area contributed by atoms with Crippen LogP contribution in [0.3, 0.4) is 0 Å². The average molecular weight is 259 g/mol. The summed E-state index contributed by atoms with van der Waals surface area (Å²) in [6, 6.07) is 11.9. The van der Waals surface area contributed by atoms with E-state index in [0.717, 1.165) is 12.8 Å². The van der Waals surface area contributed by atoms with Crippen LogP contribution in [0.1, 0.15) is 58.1 Å². The van der Waals surface area contributed by atoms with E-state index in [1.165, 1.54) is 18.4 Å². The van der Waals surface area contributed by atoms with Gasteiger partial charge in [0.15, 0.2) is 0 Å². The Kier molecular flexibility index (Phi) is 7.50. The van der Waals surface area contributed by atoms with Crippen LogP contribution in [-0.2, 0) is 0 Å². The molecular formula is C18H29N. The number of allylic oxidation sites excluding steroid dienone is 1. The lowest BCUT2D eigenvalue weighted by atomic mass is 9.88. The molecule has 0 aliphatic carbocycles. The second-order valence-electron chi connectivity index (χ2n) is 5.40. The lowest BCUT2D eigenvalue weighted by Gasteiger charge is -2.30. The zero-order chi connectivity index (χ0) is 14.1. The van der Waals surface area contributed by atoms with Gasteiger partial charge in [0.25, 0.3) is 0 Å². The van der Waals surface area contributed by atoms with Gasteiger partial charge in [-0.2, -0.15) is 0 Å². The quantitative estimate of drug-likeness (QED) is 0.608. The van der Waals surface area contributed by atoms with E-state index in [1.54, 1.807) is 0 Å². The van der Waals surface area contributed by atoms with Crippen molar-refractivity contribution in [1.29, 1.82) is 0 Å². The highest BCUT2D eigenvalue weighted by Crippen LogP contribution is 2.28. The van der Waals surface area contributed by atoms with Gasteiger partial charge in [-0.05, 0) is 31.2 Å². The fraction of sp³-hybridized carbons (Fsp3) is 0.556. The van der Waals surface area contributed by atoms with Crippen molar-refractivity contribution in [3.63, 3.8) is 0 Å². The van der Waals surface area contributed by atoms with Crippen LogP contribution in [0.15, 0.2) is 43.0 Å². The number of nitrogens with one attached hydrogen (secondary N) is 1. The summed E-state index contributed by atoms with van der Waals surface area (Å²) in [4.78, 5) is 0. The van der Waals surface area contributed by atoms with E-state index >= 15 is 0 Å². The largest absolute Gasteiger partial charge is 0.307 e. The highest BCUT2D eigenvalue weighted by Gasteiger charge is 2.21. The van der Waals surface area contributed by atoms with E-state index in [4.69, 9.17) is 0 Å². The maximum Gasteiger partial charge on any atom is 0.0350 e. The summed E-state index contributed by atoms with van der Waals surface area (Å²) in [5, 5.41) is 3.82. The summed E-state index contributed by atoms with van der Waals surface area (Å²) in [7, 11) is 0. The van der Waals surface area contributed by atoms with Gasteiger partial charge in [-0.25, -0.2) is 0 Å². The maximum atomic E-state index is 3.82. The number of hydrogen-bond acceptors (Lipinski definition) is 1. The van der Waals surface area contributed by atoms with Crippen LogP contribution in [0.5, 0.6) is 0 Å². The SMILES string of the molecule is C=CCCC(C)NC(c1ccccc1)C(CC)CC. The zero-order valence-electron chi connectivity index (χ0n) is 12.7. The second kappa shape index (κ2) is 8.92. The van der Waals surface area contributed by atoms with Gasteiger partial charge in [0.1, 0.15) is 0 Å². The minimum Gasteiger partial charge on any atom is -0.307 e. The molecule has 1 aromatic carbocycles. The zero-order valence-corrected chi connectivity index (χ0v) is 12.7. The summed E-state index contributed by atoms with van der Waals surface area (Å²) >= 11 is 0. The Morgan fingerprint density at radius 2 is 1.79 bits per heavy atom. The lowest BCUT2D eigenvalue weighted by molar-refractivity contribution is 0.309. The van der Waals surface area contributed by atoms with Gasteiger partial charge in [0.05, 0.1) is 0 Å². The molecule has 0 aliphatic heterocycles. The van der Waals surface area contributed by atoms with Gasteiger partial charge in [-0.1, -0.05) is 63.1 Å². The third-order valence-electron chi connectivity index (χ3n) is 3.95. The van der Waals surface area contributed by atoms with Crippen LogP contribution in [0.2, 0.25) is 0 Å². The van der Waals surface area contributed by atoms with Crippen LogP contribution >= 0.6 is 0 Å². The van der Waals surface area contributed by atoms with Crippen molar-refractivity contribution in [3.8, 4) is 0 Å². The monoisotopic (exact) mass is 259 g/mol. The van der Waals surface area contributed by atoms with E-state index in [2.05, 4.69) is 63.0 Å². The molecule has 0 radical (unpaired) electrons. The first-order chi connectivity index (χ1) is 9.22. The Hall–Kier alpha value is -1.08. The molecule has 106 valence electrons. The Morgan fingerprint density at radius 3 is 2.32 bits per heavy atom. The molecule has 0 saturated heterocycles. The van der Waals surface area contributed by atoms with Gasteiger partial charge in [-0.3, -0.25) is 0 Å². The van der Waals surface area contributed by atoms with Crippen molar-refractivity contribution in [2.75, 3.05) is 0 Å². The lowest BCUT2D eigenvalue weighted by Crippen LogP contribution is -2.34. The van der Waals surface area contributed by atoms with E-state index < -0.39 is 0 Å². The molecule has 1 nitrogen and oxygen atoms in total. The Morgan fingerprint density at radius 1 is 1.16 bits per heavy atom. The minimum absolute atomic E-state index is 0.469. The molecular weight excluding hydrogens is 230 g/mol. The van der Waals surface area contributed by atoms with Crippen LogP contribution < -0.4 is 5.32 Å². The Bertz CT molecular complexity index is 340. The van der Waals surface area contributed by atoms with Crippen molar-refractivity contribution in [2.24, 2.45) is 5.92 Å². The third-order valence-corrected chi connectivity index (χ3v) is 3.95. The molecule has 0 aromatic heterocycles. The molecule has 2 atom stereocenters. The first kappa shape index (κ1) is 16.0. The van der Waals surface area contributed by atoms with Crippen molar-refractivity contribution in [2.45, 2.75) is 58.5 Å². The highest BCUT2D eigenvalue weighted by molar-refractivity contribution is 5.19. The van der Waals surface area contributed by atoms with Gasteiger partial charge in [0, 0.05) is 12.1 Å². The predicted octanol–water partition coefficient (Wildman–Crippen LogP) is 5.11. The van der Waals surface area contributed by atoms with Crippen molar-refractivity contribution in [1.82, 2.24) is 5.32 Å². The van der Waals surface area contributed by atoms with Gasteiger partial charge < -0.3 is 5.32 Å². The number of hydrogen-bond donors (Lipinski definition) is 1. The van der Waals surface area contributed by atoms with Crippen molar-refractivity contribution in [3.05, 3.63) is 48.6 Å². The molecule has 0 heterocycles. The normalized spacial score (nSPS) is 14.3. The van der Waals surface area contributed by atoms with Crippen molar-refractivity contribution >= 4 is 0 Å². The van der Waals surface area contributed by atoms with Crippen LogP contribution in [0.4, 0.5) is 0 Å². The van der Waals surface area contributed by atoms with Gasteiger partial charge in [-0.15, -0.1) is 6.58 Å². The van der Waals surface area contributed by atoms with Gasteiger partial charge in [0.2, 0.25) is 0 Å². The smallest absolute Gasteiger partial charge is 0.0350 e. The van der Waals surface area contributed by atoms with E-state index in [9.17, 15) is 0 Å². The molecule has 1 N–H and O–H groups in total. The third kappa shape index (κ3) is 5.20. The first-order valence-electron chi connectivity index (χ1n) is 7.64. The van der Waals surface area contributed by atoms with Crippen molar-refractivity contribution < 1.29 is 0 Å². The molecule has 0 fully saturated rings. The summed E-state index contributed by atoms with van der Waals surface area (Å²) in [5.41, 5.74) is 1.42. The summed E-state index contributed by atoms with van der Waals surface area (Å²) in [6.07, 6.45) is 6.69. The first-order valence-corrected chi connectivity index (χ1v) is 7.64. The summed E-state index contributed by atoms with van der Waals surface area (Å²) in [6.45, 7) is 10.7. The molecule has 0 saturated carbocycles. The Labute approximate surface area is 119 Å². The molecule has 0 spiro atoms. The molecule has 0 amide bonds. The number of rotatable bonds is 9. The van der Waals surface area contributed by atoms with Crippen LogP contribution in [-0.4, -0.2) is 6.04 Å². The van der Waals surface area contributed by atoms with Gasteiger partial charge >= 0.3 is 0 Å². The molecule has 1 rings (SSSR count). The number of benzene rings is 1.